The van der Waals surface area contributed by atoms with E-state index in [4.69, 9.17) is 15.7 Å². The normalized spacial score (nSPS) is 11.5. The van der Waals surface area contributed by atoms with Crippen molar-refractivity contribution < 1.29 is 9.94 Å². The number of hydrogen-bond acceptors (Lipinski definition) is 3. The molecule has 0 saturated heterocycles. The first-order valence-electron chi connectivity index (χ1n) is 6.46. The Bertz CT molecular complexity index is 712. The zero-order valence-electron chi connectivity index (χ0n) is 12.1. The number of amidine groups is 1. The third-order valence-corrected chi connectivity index (χ3v) is 4.07. The van der Waals surface area contributed by atoms with Crippen molar-refractivity contribution in [3.8, 4) is 11.5 Å². The van der Waals surface area contributed by atoms with Crippen molar-refractivity contribution in [3.05, 3.63) is 57.1 Å². The second kappa shape index (κ2) is 6.18. The van der Waals surface area contributed by atoms with E-state index >= 15 is 0 Å². The Labute approximate surface area is 132 Å². The largest absolute Gasteiger partial charge is 0.457 e. The van der Waals surface area contributed by atoms with Gasteiger partial charge in [0.1, 0.15) is 11.5 Å². The van der Waals surface area contributed by atoms with Crippen LogP contribution in [0.1, 0.15) is 22.3 Å². The number of hydrogen-bond donors (Lipinski definition) is 2. The number of nitrogens with two attached hydrogens (primary N) is 1. The van der Waals surface area contributed by atoms with Crippen molar-refractivity contribution in [2.75, 3.05) is 0 Å². The molecule has 0 aromatic heterocycles. The van der Waals surface area contributed by atoms with Gasteiger partial charge in [0.15, 0.2) is 5.84 Å². The molecule has 0 radical (unpaired) electrons. The molecule has 0 spiro atoms. The van der Waals surface area contributed by atoms with Crippen molar-refractivity contribution >= 4 is 21.8 Å². The minimum absolute atomic E-state index is 0.0522. The average Bonchev–Trinajstić information content (AvgIpc) is 2.47. The summed E-state index contributed by atoms with van der Waals surface area (Å²) in [6.45, 7) is 6.11. The van der Waals surface area contributed by atoms with E-state index in [0.717, 1.165) is 16.9 Å². The molecule has 0 amide bonds. The highest BCUT2D eigenvalue weighted by Gasteiger charge is 2.10. The summed E-state index contributed by atoms with van der Waals surface area (Å²) < 4.78 is 6.70. The Kier molecular flexibility index (Phi) is 4.53. The van der Waals surface area contributed by atoms with Crippen LogP contribution in [0.3, 0.4) is 0 Å². The smallest absolute Gasteiger partial charge is 0.171 e. The first-order valence-corrected chi connectivity index (χ1v) is 7.25. The monoisotopic (exact) mass is 348 g/mol. The van der Waals surface area contributed by atoms with Crippen LogP contribution in [-0.2, 0) is 0 Å². The van der Waals surface area contributed by atoms with E-state index in [0.29, 0.717) is 15.8 Å². The number of halogens is 1. The lowest BCUT2D eigenvalue weighted by atomic mass is 10.1. The highest BCUT2D eigenvalue weighted by Crippen LogP contribution is 2.32. The lowest BCUT2D eigenvalue weighted by Crippen LogP contribution is -2.13. The van der Waals surface area contributed by atoms with E-state index in [1.54, 1.807) is 18.2 Å². The van der Waals surface area contributed by atoms with Crippen LogP contribution in [0.5, 0.6) is 11.5 Å². The van der Waals surface area contributed by atoms with Gasteiger partial charge in [0, 0.05) is 10.0 Å². The lowest BCUT2D eigenvalue weighted by Gasteiger charge is -2.14. The Morgan fingerprint density at radius 3 is 2.43 bits per heavy atom. The lowest BCUT2D eigenvalue weighted by molar-refractivity contribution is 0.318. The Balaban J connectivity index is 2.38. The first kappa shape index (κ1) is 15.4. The van der Waals surface area contributed by atoms with Crippen LogP contribution in [-0.4, -0.2) is 11.0 Å². The highest BCUT2D eigenvalue weighted by atomic mass is 79.9. The molecular formula is C16H17BrN2O2. The zero-order valence-corrected chi connectivity index (χ0v) is 13.7. The summed E-state index contributed by atoms with van der Waals surface area (Å²) in [7, 11) is 0. The van der Waals surface area contributed by atoms with E-state index in [9.17, 15) is 0 Å². The average molecular weight is 349 g/mol. The summed E-state index contributed by atoms with van der Waals surface area (Å²) in [6, 6.07) is 9.45. The molecule has 21 heavy (non-hydrogen) atoms. The molecule has 3 N–H and O–H groups in total. The van der Waals surface area contributed by atoms with Gasteiger partial charge in [-0.2, -0.15) is 0 Å². The highest BCUT2D eigenvalue weighted by molar-refractivity contribution is 9.10. The first-order chi connectivity index (χ1) is 9.93. The molecular weight excluding hydrogens is 332 g/mol. The van der Waals surface area contributed by atoms with Gasteiger partial charge in [-0.1, -0.05) is 17.3 Å². The maximum atomic E-state index is 8.73. The van der Waals surface area contributed by atoms with E-state index in [2.05, 4.69) is 34.1 Å². The third kappa shape index (κ3) is 3.19. The van der Waals surface area contributed by atoms with Gasteiger partial charge < -0.3 is 15.7 Å². The number of benzene rings is 2. The van der Waals surface area contributed by atoms with Crippen molar-refractivity contribution in [2.24, 2.45) is 10.9 Å². The number of rotatable bonds is 3. The van der Waals surface area contributed by atoms with Crippen LogP contribution < -0.4 is 10.5 Å². The molecule has 110 valence electrons. The topological polar surface area (TPSA) is 67.8 Å². The molecule has 5 heteroatoms. The number of oxime groups is 1. The van der Waals surface area contributed by atoms with Crippen LogP contribution in [0.2, 0.25) is 0 Å². The van der Waals surface area contributed by atoms with Crippen LogP contribution in [0.4, 0.5) is 0 Å². The summed E-state index contributed by atoms with van der Waals surface area (Å²) >= 11 is 3.40. The third-order valence-electron chi connectivity index (χ3n) is 3.42. The summed E-state index contributed by atoms with van der Waals surface area (Å²) in [5.74, 6) is 1.60. The molecule has 4 nitrogen and oxygen atoms in total. The molecule has 0 aliphatic rings. The van der Waals surface area contributed by atoms with Gasteiger partial charge in [-0.05, 0) is 71.6 Å². The van der Waals surface area contributed by atoms with Gasteiger partial charge in [0.2, 0.25) is 0 Å². The second-order valence-corrected chi connectivity index (χ2v) is 5.74. The molecule has 0 heterocycles. The summed E-state index contributed by atoms with van der Waals surface area (Å²) in [6.07, 6.45) is 0. The maximum absolute atomic E-state index is 8.73. The number of aryl methyl sites for hydroxylation is 2. The van der Waals surface area contributed by atoms with Gasteiger partial charge in [-0.25, -0.2) is 0 Å². The molecule has 0 aliphatic heterocycles. The van der Waals surface area contributed by atoms with Gasteiger partial charge in [0.25, 0.3) is 0 Å². The Morgan fingerprint density at radius 1 is 1.14 bits per heavy atom. The SMILES string of the molecule is Cc1ccc(C)c(Oc2ccc(/C(N)=N/O)c(Br)c2)c1C. The van der Waals surface area contributed by atoms with Crippen LogP contribution in [0.15, 0.2) is 40.0 Å². The summed E-state index contributed by atoms with van der Waals surface area (Å²) in [5.41, 5.74) is 9.59. The van der Waals surface area contributed by atoms with Crippen molar-refractivity contribution in [1.82, 2.24) is 0 Å². The fourth-order valence-electron chi connectivity index (χ4n) is 2.02. The Morgan fingerprint density at radius 2 is 1.81 bits per heavy atom. The van der Waals surface area contributed by atoms with Gasteiger partial charge in [-0.3, -0.25) is 0 Å². The minimum Gasteiger partial charge on any atom is -0.457 e. The zero-order chi connectivity index (χ0) is 15.6. The number of ether oxygens (including phenoxy) is 1. The quantitative estimate of drug-likeness (QED) is 0.377. The predicted octanol–water partition coefficient (Wildman–Crippen LogP) is 4.26. The number of nitrogens with zero attached hydrogens (tertiary/aromatic N) is 1. The Hall–Kier alpha value is -2.01. The van der Waals surface area contributed by atoms with Crippen LogP contribution >= 0.6 is 15.9 Å². The van der Waals surface area contributed by atoms with Crippen molar-refractivity contribution in [3.63, 3.8) is 0 Å². The van der Waals surface area contributed by atoms with Crippen molar-refractivity contribution in [2.45, 2.75) is 20.8 Å². The van der Waals surface area contributed by atoms with E-state index in [1.807, 2.05) is 19.9 Å². The predicted molar refractivity (Wildman–Crippen MR) is 87.4 cm³/mol. The molecule has 2 rings (SSSR count). The van der Waals surface area contributed by atoms with E-state index < -0.39 is 0 Å². The standard InChI is InChI=1S/C16H17BrN2O2/c1-9-4-5-10(2)15(11(9)3)21-12-6-7-13(14(17)8-12)16(18)19-20/h4-8,20H,1-3H3,(H2,18,19). The van der Waals surface area contributed by atoms with Gasteiger partial charge in [0.05, 0.1) is 0 Å². The second-order valence-electron chi connectivity index (χ2n) is 4.88. The fourth-order valence-corrected chi connectivity index (χ4v) is 2.58. The van der Waals surface area contributed by atoms with Crippen LogP contribution in [0, 0.1) is 20.8 Å². The molecule has 0 fully saturated rings. The minimum atomic E-state index is 0.0522. The van der Waals surface area contributed by atoms with Gasteiger partial charge >= 0.3 is 0 Å². The molecule has 2 aromatic carbocycles. The summed E-state index contributed by atoms with van der Waals surface area (Å²) in [4.78, 5) is 0. The summed E-state index contributed by atoms with van der Waals surface area (Å²) in [5, 5.41) is 11.7. The molecule has 0 aliphatic carbocycles. The van der Waals surface area contributed by atoms with Crippen LogP contribution in [0.25, 0.3) is 0 Å². The maximum Gasteiger partial charge on any atom is 0.171 e. The molecule has 2 aromatic rings. The van der Waals surface area contributed by atoms with Crippen molar-refractivity contribution in [1.29, 1.82) is 0 Å². The molecule has 0 atom stereocenters. The molecule has 0 unspecified atom stereocenters. The fraction of sp³-hybridized carbons (Fsp3) is 0.188. The molecule has 0 bridgehead atoms. The van der Waals surface area contributed by atoms with Gasteiger partial charge in [-0.15, -0.1) is 0 Å². The van der Waals surface area contributed by atoms with E-state index in [1.165, 1.54) is 5.56 Å². The van der Waals surface area contributed by atoms with E-state index in [-0.39, 0.29) is 5.84 Å². The molecule has 0 saturated carbocycles.